The summed E-state index contributed by atoms with van der Waals surface area (Å²) in [6.07, 6.45) is -0.384. The van der Waals surface area contributed by atoms with Crippen LogP contribution in [-0.2, 0) is 20.8 Å². The third-order valence-corrected chi connectivity index (χ3v) is 5.20. The molecule has 1 N–H and O–H groups in total. The van der Waals surface area contributed by atoms with E-state index in [0.29, 0.717) is 17.8 Å². The molecule has 0 aromatic heterocycles. The third kappa shape index (κ3) is 6.17. The fraction of sp³-hybridized carbons (Fsp3) is 0.333. The van der Waals surface area contributed by atoms with E-state index < -0.39 is 16.9 Å². The van der Waals surface area contributed by atoms with Gasteiger partial charge in [-0.05, 0) is 32.0 Å². The molecule has 0 fully saturated rings. The minimum absolute atomic E-state index is 0.0820. The lowest BCUT2D eigenvalue weighted by atomic mass is 9.96. The van der Waals surface area contributed by atoms with Crippen molar-refractivity contribution in [2.75, 3.05) is 20.7 Å². The Balaban J connectivity index is 1.76. The zero-order valence-corrected chi connectivity index (χ0v) is 19.1. The molecule has 9 nitrogen and oxygen atoms in total. The second-order valence-electron chi connectivity index (χ2n) is 7.95. The van der Waals surface area contributed by atoms with Crippen LogP contribution in [0, 0.1) is 10.1 Å². The number of rotatable bonds is 8. The average Bonchev–Trinajstić information content (AvgIpc) is 2.78. The van der Waals surface area contributed by atoms with Gasteiger partial charge in [0.2, 0.25) is 0 Å². The van der Waals surface area contributed by atoms with Gasteiger partial charge in [-0.1, -0.05) is 42.5 Å². The summed E-state index contributed by atoms with van der Waals surface area (Å²) >= 11 is 0. The normalized spacial score (nSPS) is 16.6. The van der Waals surface area contributed by atoms with Gasteiger partial charge in [-0.2, -0.15) is 0 Å². The number of esters is 1. The Hall–Kier alpha value is -3.72. The maximum Gasteiger partial charge on any atom is 0.338 e. The second-order valence-corrected chi connectivity index (χ2v) is 7.95. The molecule has 1 unspecified atom stereocenters. The van der Waals surface area contributed by atoms with Crippen LogP contribution in [0.15, 0.2) is 70.9 Å². The van der Waals surface area contributed by atoms with Crippen molar-refractivity contribution in [2.24, 2.45) is 4.99 Å². The molecule has 9 heteroatoms. The van der Waals surface area contributed by atoms with Crippen molar-refractivity contribution in [3.05, 3.63) is 87.1 Å². The molecule has 1 aliphatic heterocycles. The molecule has 0 amide bonds. The Kier molecular flexibility index (Phi) is 7.78. The Labute approximate surface area is 192 Å². The van der Waals surface area contributed by atoms with Crippen molar-refractivity contribution in [2.45, 2.75) is 32.5 Å². The van der Waals surface area contributed by atoms with Gasteiger partial charge in [0, 0.05) is 30.9 Å². The van der Waals surface area contributed by atoms with E-state index in [2.05, 4.69) is 15.2 Å². The predicted molar refractivity (Wildman–Crippen MR) is 124 cm³/mol. The average molecular weight is 453 g/mol. The predicted octanol–water partition coefficient (Wildman–Crippen LogP) is 3.58. The molecule has 2 aromatic carbocycles. The van der Waals surface area contributed by atoms with Gasteiger partial charge in [-0.25, -0.2) is 9.79 Å². The van der Waals surface area contributed by atoms with Gasteiger partial charge in [0.05, 0.1) is 17.6 Å². The Morgan fingerprint density at radius 1 is 1.24 bits per heavy atom. The monoisotopic (exact) mass is 452 g/mol. The smallest absolute Gasteiger partial charge is 0.338 e. The van der Waals surface area contributed by atoms with E-state index in [0.717, 1.165) is 6.54 Å². The molecular formula is C24H28N4O5. The van der Waals surface area contributed by atoms with Crippen LogP contribution in [-0.4, -0.2) is 48.6 Å². The Morgan fingerprint density at radius 3 is 2.64 bits per heavy atom. The molecule has 33 heavy (non-hydrogen) atoms. The van der Waals surface area contributed by atoms with E-state index in [4.69, 9.17) is 9.47 Å². The second kappa shape index (κ2) is 10.7. The van der Waals surface area contributed by atoms with E-state index in [9.17, 15) is 14.9 Å². The number of hydrogen-bond acceptors (Lipinski definition) is 8. The van der Waals surface area contributed by atoms with E-state index in [1.807, 2.05) is 44.3 Å². The van der Waals surface area contributed by atoms with Gasteiger partial charge in [-0.3, -0.25) is 15.0 Å². The molecule has 1 heterocycles. The largest absolute Gasteiger partial charge is 0.468 e. The number of nitrogens with zero attached hydrogens (tertiary/aromatic N) is 3. The van der Waals surface area contributed by atoms with Gasteiger partial charge >= 0.3 is 5.97 Å². The fourth-order valence-electron chi connectivity index (χ4n) is 3.75. The number of carbonyl (C=O) groups excluding carboxylic acids is 1. The lowest BCUT2D eigenvalue weighted by molar-refractivity contribution is -0.384. The molecule has 174 valence electrons. The molecule has 2 aromatic rings. The summed E-state index contributed by atoms with van der Waals surface area (Å²) in [4.78, 5) is 30.4. The minimum atomic E-state index is -0.789. The third-order valence-electron chi connectivity index (χ3n) is 5.20. The standard InChI is InChI=1S/C24H28N4O5/c1-16(14-27(3)15-18-9-6-5-7-10-18)33-23(29)21-17(2)25-24(32-4)26-22(21)19-11-8-12-20(13-19)28(30)31/h5-13,16,22H,14-15H2,1-4H3,(H,25,26)/t16-,22?/m0/s1. The van der Waals surface area contributed by atoms with Crippen molar-refractivity contribution < 1.29 is 19.2 Å². The highest BCUT2D eigenvalue weighted by molar-refractivity contribution is 5.94. The number of aliphatic imine (C=N–C) groups is 1. The van der Waals surface area contributed by atoms with E-state index in [1.165, 1.54) is 24.8 Å². The summed E-state index contributed by atoms with van der Waals surface area (Å²) in [6, 6.07) is 15.5. The topological polar surface area (TPSA) is 106 Å². The summed E-state index contributed by atoms with van der Waals surface area (Å²) in [5, 5.41) is 14.2. The first-order valence-electron chi connectivity index (χ1n) is 10.6. The molecule has 0 saturated carbocycles. The SMILES string of the molecule is COC1=NC(c2cccc([N+](=O)[O-])c2)C(C(=O)O[C@@H](C)CN(C)Cc2ccccc2)=C(C)N1. The van der Waals surface area contributed by atoms with Crippen LogP contribution in [0.5, 0.6) is 0 Å². The number of benzene rings is 2. The fourth-order valence-corrected chi connectivity index (χ4v) is 3.75. The van der Waals surface area contributed by atoms with Gasteiger partial charge < -0.3 is 14.8 Å². The molecule has 0 aliphatic carbocycles. The van der Waals surface area contributed by atoms with Crippen LogP contribution >= 0.6 is 0 Å². The maximum absolute atomic E-state index is 13.2. The molecule has 0 spiro atoms. The molecule has 0 bridgehead atoms. The van der Waals surface area contributed by atoms with Crippen LogP contribution in [0.4, 0.5) is 5.69 Å². The summed E-state index contributed by atoms with van der Waals surface area (Å²) < 4.78 is 11.0. The molecule has 0 saturated heterocycles. The van der Waals surface area contributed by atoms with Gasteiger partial charge in [0.15, 0.2) is 0 Å². The summed E-state index contributed by atoms with van der Waals surface area (Å²) in [5.41, 5.74) is 2.39. The van der Waals surface area contributed by atoms with Gasteiger partial charge in [0.1, 0.15) is 12.1 Å². The summed E-state index contributed by atoms with van der Waals surface area (Å²) in [7, 11) is 3.42. The number of non-ortho nitro benzene ring substituents is 1. The Bertz CT molecular complexity index is 1070. The van der Waals surface area contributed by atoms with Gasteiger partial charge in [0.25, 0.3) is 11.7 Å². The first kappa shape index (κ1) is 23.9. The van der Waals surface area contributed by atoms with Crippen molar-refractivity contribution >= 4 is 17.7 Å². The molecule has 1 aliphatic rings. The number of ether oxygens (including phenoxy) is 2. The number of nitro groups is 1. The molecule has 2 atom stereocenters. The van der Waals surface area contributed by atoms with Crippen LogP contribution in [0.3, 0.4) is 0 Å². The Morgan fingerprint density at radius 2 is 1.97 bits per heavy atom. The first-order chi connectivity index (χ1) is 15.8. The zero-order chi connectivity index (χ0) is 24.0. The highest BCUT2D eigenvalue weighted by Gasteiger charge is 2.32. The lowest BCUT2D eigenvalue weighted by Gasteiger charge is -2.27. The number of nitrogens with one attached hydrogen (secondary N) is 1. The number of amidine groups is 1. The number of nitro benzene ring substituents is 1. The van der Waals surface area contributed by atoms with Crippen LogP contribution in [0.25, 0.3) is 0 Å². The zero-order valence-electron chi connectivity index (χ0n) is 19.1. The van der Waals surface area contributed by atoms with E-state index in [1.54, 1.807) is 19.1 Å². The van der Waals surface area contributed by atoms with Crippen molar-refractivity contribution in [1.82, 2.24) is 10.2 Å². The van der Waals surface area contributed by atoms with Crippen molar-refractivity contribution in [3.63, 3.8) is 0 Å². The van der Waals surface area contributed by atoms with Crippen molar-refractivity contribution in [3.8, 4) is 0 Å². The molecular weight excluding hydrogens is 424 g/mol. The van der Waals surface area contributed by atoms with Gasteiger partial charge in [-0.15, -0.1) is 0 Å². The highest BCUT2D eigenvalue weighted by atomic mass is 16.6. The van der Waals surface area contributed by atoms with E-state index in [-0.39, 0.29) is 23.4 Å². The molecule has 3 rings (SSSR count). The van der Waals surface area contributed by atoms with E-state index >= 15 is 0 Å². The number of allylic oxidation sites excluding steroid dienone is 1. The van der Waals surface area contributed by atoms with Crippen LogP contribution < -0.4 is 5.32 Å². The number of methoxy groups -OCH3 is 1. The number of likely N-dealkylation sites (N-methyl/N-ethyl adjacent to an activating group) is 1. The summed E-state index contributed by atoms with van der Waals surface area (Å²) in [5.74, 6) is -0.531. The van der Waals surface area contributed by atoms with Crippen LogP contribution in [0.2, 0.25) is 0 Å². The highest BCUT2D eigenvalue weighted by Crippen LogP contribution is 2.33. The minimum Gasteiger partial charge on any atom is -0.468 e. The maximum atomic E-state index is 13.2. The summed E-state index contributed by atoms with van der Waals surface area (Å²) in [6.45, 7) is 4.82. The number of hydrogen-bond donors (Lipinski definition) is 1. The number of carbonyl (C=O) groups is 1. The van der Waals surface area contributed by atoms with Crippen molar-refractivity contribution in [1.29, 1.82) is 0 Å². The van der Waals surface area contributed by atoms with Crippen LogP contribution in [0.1, 0.15) is 31.0 Å². The molecule has 0 radical (unpaired) electrons. The first-order valence-corrected chi connectivity index (χ1v) is 10.6. The lowest BCUT2D eigenvalue weighted by Crippen LogP contribution is -2.35. The quantitative estimate of drug-likeness (QED) is 0.371.